The second kappa shape index (κ2) is 7.03. The zero-order chi connectivity index (χ0) is 18.0. The predicted molar refractivity (Wildman–Crippen MR) is 107 cm³/mol. The van der Waals surface area contributed by atoms with Gasteiger partial charge in [0.2, 0.25) is 10.0 Å². The third kappa shape index (κ3) is 3.42. The standard InChI is InChI=1S/C21H17NO2S2/c23-26(24,19-12-11-16-13-14-25-20(16)15-19)22-21(17-7-3-1-4-8-17)18-9-5-2-6-10-18/h1-15,21-22H. The number of thiophene rings is 1. The van der Waals surface area contributed by atoms with Crippen LogP contribution in [0.2, 0.25) is 0 Å². The van der Waals surface area contributed by atoms with Crippen LogP contribution in [0.15, 0.2) is 95.2 Å². The first-order valence-corrected chi connectivity index (χ1v) is 10.6. The van der Waals surface area contributed by atoms with E-state index >= 15 is 0 Å². The summed E-state index contributed by atoms with van der Waals surface area (Å²) in [7, 11) is -3.67. The van der Waals surface area contributed by atoms with Gasteiger partial charge in [-0.15, -0.1) is 11.3 Å². The maximum Gasteiger partial charge on any atom is 0.241 e. The fourth-order valence-electron chi connectivity index (χ4n) is 2.94. The van der Waals surface area contributed by atoms with E-state index in [9.17, 15) is 8.42 Å². The van der Waals surface area contributed by atoms with Crippen LogP contribution >= 0.6 is 11.3 Å². The third-order valence-corrected chi connectivity index (χ3v) is 6.58. The van der Waals surface area contributed by atoms with Gasteiger partial charge in [-0.2, -0.15) is 4.72 Å². The van der Waals surface area contributed by atoms with Gasteiger partial charge in [0.15, 0.2) is 0 Å². The normalized spacial score (nSPS) is 11.9. The van der Waals surface area contributed by atoms with Crippen LogP contribution in [0.3, 0.4) is 0 Å². The average Bonchev–Trinajstić information content (AvgIpc) is 3.15. The quantitative estimate of drug-likeness (QED) is 0.532. The molecule has 4 rings (SSSR count). The molecule has 1 heterocycles. The van der Waals surface area contributed by atoms with Gasteiger partial charge in [0.1, 0.15) is 0 Å². The van der Waals surface area contributed by atoms with E-state index in [0.29, 0.717) is 0 Å². The second-order valence-corrected chi connectivity index (χ2v) is 8.66. The summed E-state index contributed by atoms with van der Waals surface area (Å²) < 4.78 is 29.9. The Kier molecular flexibility index (Phi) is 4.59. The predicted octanol–water partition coefficient (Wildman–Crippen LogP) is 4.97. The van der Waals surface area contributed by atoms with Crippen molar-refractivity contribution >= 4 is 31.4 Å². The molecule has 1 aromatic heterocycles. The lowest BCUT2D eigenvalue weighted by Crippen LogP contribution is -2.29. The van der Waals surface area contributed by atoms with E-state index in [-0.39, 0.29) is 4.90 Å². The summed E-state index contributed by atoms with van der Waals surface area (Å²) in [5, 5.41) is 3.02. The van der Waals surface area contributed by atoms with Crippen LogP contribution < -0.4 is 4.72 Å². The van der Waals surface area contributed by atoms with Crippen molar-refractivity contribution in [3.05, 3.63) is 101 Å². The van der Waals surface area contributed by atoms with Crippen LogP contribution in [0.4, 0.5) is 0 Å². The van der Waals surface area contributed by atoms with Crippen molar-refractivity contribution in [1.82, 2.24) is 4.72 Å². The summed E-state index contributed by atoms with van der Waals surface area (Å²) in [6.07, 6.45) is 0. The number of rotatable bonds is 5. The van der Waals surface area contributed by atoms with Crippen molar-refractivity contribution in [2.45, 2.75) is 10.9 Å². The van der Waals surface area contributed by atoms with Crippen molar-refractivity contribution in [3.8, 4) is 0 Å². The SMILES string of the molecule is O=S(=O)(NC(c1ccccc1)c1ccccc1)c1ccc2ccsc2c1. The second-order valence-electron chi connectivity index (χ2n) is 6.00. The van der Waals surface area contributed by atoms with E-state index < -0.39 is 16.1 Å². The molecule has 3 aromatic carbocycles. The number of sulfonamides is 1. The molecule has 0 radical (unpaired) electrons. The van der Waals surface area contributed by atoms with Crippen molar-refractivity contribution in [2.24, 2.45) is 0 Å². The first-order chi connectivity index (χ1) is 12.6. The van der Waals surface area contributed by atoms with Gasteiger partial charge >= 0.3 is 0 Å². The lowest BCUT2D eigenvalue weighted by Gasteiger charge is -2.20. The van der Waals surface area contributed by atoms with E-state index in [2.05, 4.69) is 4.72 Å². The van der Waals surface area contributed by atoms with Gasteiger partial charge in [-0.05, 0) is 40.1 Å². The molecule has 0 unspecified atom stereocenters. The molecule has 0 aliphatic heterocycles. The first-order valence-electron chi connectivity index (χ1n) is 8.23. The van der Waals surface area contributed by atoms with Crippen LogP contribution in [-0.4, -0.2) is 8.42 Å². The zero-order valence-corrected chi connectivity index (χ0v) is 15.5. The molecular formula is C21H17NO2S2. The molecule has 130 valence electrons. The highest BCUT2D eigenvalue weighted by Crippen LogP contribution is 2.27. The topological polar surface area (TPSA) is 46.2 Å². The monoisotopic (exact) mass is 379 g/mol. The summed E-state index contributed by atoms with van der Waals surface area (Å²) >= 11 is 1.54. The van der Waals surface area contributed by atoms with Gasteiger partial charge < -0.3 is 0 Å². The van der Waals surface area contributed by atoms with Crippen LogP contribution in [0, 0.1) is 0 Å². The highest BCUT2D eigenvalue weighted by molar-refractivity contribution is 7.89. The molecular weight excluding hydrogens is 362 g/mol. The summed E-state index contributed by atoms with van der Waals surface area (Å²) in [6, 6.07) is 26.0. The van der Waals surface area contributed by atoms with Crippen molar-refractivity contribution in [3.63, 3.8) is 0 Å². The minimum Gasteiger partial charge on any atom is -0.207 e. The Morgan fingerprint density at radius 2 is 1.38 bits per heavy atom. The van der Waals surface area contributed by atoms with E-state index in [1.54, 1.807) is 12.1 Å². The first kappa shape index (κ1) is 17.0. The van der Waals surface area contributed by atoms with Crippen LogP contribution in [0.1, 0.15) is 17.2 Å². The van der Waals surface area contributed by atoms with Gasteiger partial charge in [-0.25, -0.2) is 8.42 Å². The largest absolute Gasteiger partial charge is 0.241 e. The molecule has 0 bridgehead atoms. The molecule has 4 aromatic rings. The van der Waals surface area contributed by atoms with E-state index in [0.717, 1.165) is 21.2 Å². The van der Waals surface area contributed by atoms with Gasteiger partial charge in [0.25, 0.3) is 0 Å². The summed E-state index contributed by atoms with van der Waals surface area (Å²) in [5.41, 5.74) is 1.80. The number of hydrogen-bond acceptors (Lipinski definition) is 3. The molecule has 0 aliphatic carbocycles. The number of nitrogens with one attached hydrogen (secondary N) is 1. The molecule has 26 heavy (non-hydrogen) atoms. The smallest absolute Gasteiger partial charge is 0.207 e. The lowest BCUT2D eigenvalue weighted by atomic mass is 10.00. The van der Waals surface area contributed by atoms with Crippen LogP contribution in [0.25, 0.3) is 10.1 Å². The van der Waals surface area contributed by atoms with E-state index in [1.807, 2.05) is 78.2 Å². The van der Waals surface area contributed by atoms with Gasteiger partial charge in [0.05, 0.1) is 10.9 Å². The van der Waals surface area contributed by atoms with Gasteiger partial charge in [0, 0.05) is 4.70 Å². The summed E-state index contributed by atoms with van der Waals surface area (Å²) in [6.45, 7) is 0. The molecule has 0 spiro atoms. The number of hydrogen-bond donors (Lipinski definition) is 1. The Morgan fingerprint density at radius 1 is 0.769 bits per heavy atom. The average molecular weight is 380 g/mol. The molecule has 5 heteroatoms. The molecule has 0 saturated heterocycles. The zero-order valence-electron chi connectivity index (χ0n) is 13.9. The Hall–Kier alpha value is -2.47. The summed E-state index contributed by atoms with van der Waals surface area (Å²) in [5.74, 6) is 0. The maximum atomic E-state index is 13.0. The highest BCUT2D eigenvalue weighted by Gasteiger charge is 2.23. The Labute approximate surface area is 157 Å². The van der Waals surface area contributed by atoms with Crippen molar-refractivity contribution in [1.29, 1.82) is 0 Å². The molecule has 3 nitrogen and oxygen atoms in total. The number of benzene rings is 3. The van der Waals surface area contributed by atoms with Crippen molar-refractivity contribution in [2.75, 3.05) is 0 Å². The van der Waals surface area contributed by atoms with Gasteiger partial charge in [-0.3, -0.25) is 0 Å². The fourth-order valence-corrected chi connectivity index (χ4v) is 5.09. The fraction of sp³-hybridized carbons (Fsp3) is 0.0476. The Morgan fingerprint density at radius 3 is 2.00 bits per heavy atom. The van der Waals surface area contributed by atoms with Gasteiger partial charge in [-0.1, -0.05) is 66.7 Å². The lowest BCUT2D eigenvalue weighted by molar-refractivity contribution is 0.572. The summed E-state index contributed by atoms with van der Waals surface area (Å²) in [4.78, 5) is 0.282. The highest BCUT2D eigenvalue weighted by atomic mass is 32.2. The molecule has 0 atom stereocenters. The minimum absolute atomic E-state index is 0.282. The Bertz CT molecular complexity index is 1080. The third-order valence-electron chi connectivity index (χ3n) is 4.28. The van der Waals surface area contributed by atoms with Crippen LogP contribution in [-0.2, 0) is 10.0 Å². The van der Waals surface area contributed by atoms with Crippen LogP contribution in [0.5, 0.6) is 0 Å². The molecule has 0 amide bonds. The van der Waals surface area contributed by atoms with Crippen molar-refractivity contribution < 1.29 is 8.42 Å². The Balaban J connectivity index is 1.74. The minimum atomic E-state index is -3.67. The molecule has 0 aliphatic rings. The molecule has 0 saturated carbocycles. The molecule has 1 N–H and O–H groups in total. The molecule has 0 fully saturated rings. The van der Waals surface area contributed by atoms with E-state index in [4.69, 9.17) is 0 Å². The number of fused-ring (bicyclic) bond motifs is 1. The van der Waals surface area contributed by atoms with E-state index in [1.165, 1.54) is 11.3 Å². The maximum absolute atomic E-state index is 13.0.